The number of amides is 1. The van der Waals surface area contributed by atoms with E-state index >= 15 is 0 Å². The number of fused-ring (bicyclic) bond motifs is 1. The number of benzene rings is 1. The molecule has 0 saturated carbocycles. The minimum atomic E-state index is -1.47. The molecule has 134 valence electrons. The average molecular weight is 367 g/mol. The fraction of sp³-hybridized carbons (Fsp3) is 0.500. The molecule has 2 unspecified atom stereocenters. The maximum atomic E-state index is 12.8. The van der Waals surface area contributed by atoms with Gasteiger partial charge in [0, 0.05) is 16.1 Å². The van der Waals surface area contributed by atoms with E-state index in [0.29, 0.717) is 22.7 Å². The van der Waals surface area contributed by atoms with E-state index in [2.05, 4.69) is 17.9 Å². The predicted octanol–water partition coefficient (Wildman–Crippen LogP) is 0.939. The first kappa shape index (κ1) is 17.5. The number of ether oxygens (including phenoxy) is 2. The molecule has 3 rings (SSSR count). The Morgan fingerprint density at radius 2 is 2.16 bits per heavy atom. The molecule has 2 heterocycles. The van der Waals surface area contributed by atoms with Gasteiger partial charge >= 0.3 is 11.5 Å². The van der Waals surface area contributed by atoms with Crippen LogP contribution in [0.3, 0.4) is 0 Å². The molecular weight excluding hydrogens is 348 g/mol. The van der Waals surface area contributed by atoms with E-state index in [1.165, 1.54) is 6.92 Å². The van der Waals surface area contributed by atoms with Gasteiger partial charge in [0.05, 0.1) is 11.7 Å². The summed E-state index contributed by atoms with van der Waals surface area (Å²) in [5.41, 5.74) is -0.713. The van der Waals surface area contributed by atoms with E-state index in [-0.39, 0.29) is 19.1 Å². The smallest absolute Gasteiger partial charge is 0.325 e. The van der Waals surface area contributed by atoms with Crippen LogP contribution < -0.4 is 14.8 Å². The first-order valence-corrected chi connectivity index (χ1v) is 8.52. The van der Waals surface area contributed by atoms with Crippen molar-refractivity contribution in [1.29, 1.82) is 0 Å². The first-order chi connectivity index (χ1) is 11.9. The van der Waals surface area contributed by atoms with Crippen LogP contribution in [-0.2, 0) is 9.59 Å². The molecule has 1 amide bonds. The molecule has 1 aromatic carbocycles. The van der Waals surface area contributed by atoms with E-state index in [9.17, 15) is 14.5 Å². The van der Waals surface area contributed by atoms with Crippen LogP contribution in [0.15, 0.2) is 18.2 Å². The number of aliphatic carboxylic acids is 1. The SMILES string of the molecule is C[C@H](NC(=O)C1(CS)C(c2ccc3c(c2)OCO3)CC[N+]1=O)C(=O)O. The minimum Gasteiger partial charge on any atom is -0.480 e. The fourth-order valence-corrected chi connectivity index (χ4v) is 3.87. The third-order valence-electron chi connectivity index (χ3n) is 4.79. The second kappa shape index (κ2) is 6.55. The number of rotatable bonds is 5. The summed E-state index contributed by atoms with van der Waals surface area (Å²) in [6, 6.07) is 4.20. The zero-order chi connectivity index (χ0) is 18.2. The Labute approximate surface area is 149 Å². The number of hydrogen-bond donors (Lipinski definition) is 3. The Morgan fingerprint density at radius 3 is 2.84 bits per heavy atom. The highest BCUT2D eigenvalue weighted by atomic mass is 32.1. The van der Waals surface area contributed by atoms with Crippen molar-refractivity contribution < 1.29 is 28.9 Å². The molecule has 25 heavy (non-hydrogen) atoms. The van der Waals surface area contributed by atoms with Gasteiger partial charge in [-0.05, 0) is 24.6 Å². The number of hydrogen-bond acceptors (Lipinski definition) is 6. The quantitative estimate of drug-likeness (QED) is 0.528. The summed E-state index contributed by atoms with van der Waals surface area (Å²) in [7, 11) is 0. The summed E-state index contributed by atoms with van der Waals surface area (Å²) in [5.74, 6) is -1.09. The number of thiol groups is 1. The molecule has 0 aliphatic carbocycles. The standard InChI is InChI=1S/C16H18N2O6S/c1-9(14(19)20)17-15(21)16(7-25)11(4-5-18(16)22)10-2-3-12-13(6-10)24-8-23-12/h2-3,6,9,11H,4-5,7-8H2,1H3,(H2-,17,19,20,21,25)/p+1/t9-,11?,16?/m0/s1. The highest BCUT2D eigenvalue weighted by Crippen LogP contribution is 2.44. The van der Waals surface area contributed by atoms with Crippen LogP contribution in [0.1, 0.15) is 24.8 Å². The van der Waals surface area contributed by atoms with Crippen molar-refractivity contribution in [1.82, 2.24) is 5.32 Å². The minimum absolute atomic E-state index is 0.0339. The molecule has 0 spiro atoms. The van der Waals surface area contributed by atoms with Crippen LogP contribution >= 0.6 is 12.6 Å². The maximum Gasteiger partial charge on any atom is 0.325 e. The van der Waals surface area contributed by atoms with Crippen molar-refractivity contribution in [2.24, 2.45) is 0 Å². The number of carboxylic acids is 1. The zero-order valence-electron chi connectivity index (χ0n) is 13.6. The topological polar surface area (TPSA) is 105 Å². The monoisotopic (exact) mass is 367 g/mol. The van der Waals surface area contributed by atoms with Crippen LogP contribution in [0.4, 0.5) is 0 Å². The van der Waals surface area contributed by atoms with Crippen molar-refractivity contribution in [2.75, 3.05) is 19.1 Å². The molecule has 2 aliphatic heterocycles. The van der Waals surface area contributed by atoms with Crippen LogP contribution in [0.2, 0.25) is 0 Å². The average Bonchev–Trinajstić information content (AvgIpc) is 3.18. The third-order valence-corrected chi connectivity index (χ3v) is 5.28. The van der Waals surface area contributed by atoms with Gasteiger partial charge in [0.1, 0.15) is 6.04 Å². The summed E-state index contributed by atoms with van der Waals surface area (Å²) in [5, 5.41) is 11.4. The van der Waals surface area contributed by atoms with Crippen molar-refractivity contribution in [3.05, 3.63) is 28.7 Å². The molecule has 3 atom stereocenters. The second-order valence-electron chi connectivity index (χ2n) is 6.17. The molecule has 2 N–H and O–H groups in total. The van der Waals surface area contributed by atoms with Crippen molar-refractivity contribution in [2.45, 2.75) is 30.8 Å². The summed E-state index contributed by atoms with van der Waals surface area (Å²) in [4.78, 5) is 36.4. The van der Waals surface area contributed by atoms with Crippen LogP contribution in [0.5, 0.6) is 11.5 Å². The van der Waals surface area contributed by atoms with E-state index in [4.69, 9.17) is 14.6 Å². The van der Waals surface area contributed by atoms with Gasteiger partial charge in [-0.3, -0.25) is 9.59 Å². The molecule has 0 aromatic heterocycles. The highest BCUT2D eigenvalue weighted by molar-refractivity contribution is 7.80. The molecule has 0 radical (unpaired) electrons. The largest absolute Gasteiger partial charge is 0.480 e. The Kier molecular flexibility index (Phi) is 4.59. The lowest BCUT2D eigenvalue weighted by Crippen LogP contribution is -2.58. The second-order valence-corrected chi connectivity index (χ2v) is 6.49. The first-order valence-electron chi connectivity index (χ1n) is 7.89. The van der Waals surface area contributed by atoms with Gasteiger partial charge in [-0.25, -0.2) is 0 Å². The fourth-order valence-electron chi connectivity index (χ4n) is 3.35. The Balaban J connectivity index is 1.96. The number of nitrogens with one attached hydrogen (secondary N) is 1. The summed E-state index contributed by atoms with van der Waals surface area (Å²) in [6.07, 6.45) is 0.457. The molecule has 2 aliphatic rings. The van der Waals surface area contributed by atoms with Crippen LogP contribution in [-0.4, -0.2) is 52.4 Å². The Bertz CT molecular complexity index is 739. The van der Waals surface area contributed by atoms with Crippen molar-refractivity contribution in [3.63, 3.8) is 0 Å². The summed E-state index contributed by atoms with van der Waals surface area (Å²) in [6.45, 7) is 1.64. The van der Waals surface area contributed by atoms with Gasteiger partial charge in [0.2, 0.25) is 6.79 Å². The van der Waals surface area contributed by atoms with Gasteiger partial charge in [-0.1, -0.05) is 6.07 Å². The van der Waals surface area contributed by atoms with Crippen LogP contribution in [0.25, 0.3) is 0 Å². The summed E-state index contributed by atoms with van der Waals surface area (Å²) >= 11 is 4.26. The highest BCUT2D eigenvalue weighted by Gasteiger charge is 2.63. The lowest BCUT2D eigenvalue weighted by atomic mass is 9.80. The maximum absolute atomic E-state index is 12.8. The molecule has 1 aromatic rings. The van der Waals surface area contributed by atoms with Crippen molar-refractivity contribution in [3.8, 4) is 11.5 Å². The lowest BCUT2D eigenvalue weighted by Gasteiger charge is -2.26. The number of nitroso groups, excluding NO2 is 1. The van der Waals surface area contributed by atoms with E-state index < -0.39 is 29.4 Å². The molecule has 1 fully saturated rings. The van der Waals surface area contributed by atoms with Gasteiger partial charge in [0.25, 0.3) is 5.91 Å². The Hall–Kier alpha value is -2.29. The Morgan fingerprint density at radius 1 is 1.44 bits per heavy atom. The summed E-state index contributed by atoms with van der Waals surface area (Å²) < 4.78 is 11.4. The van der Waals surface area contributed by atoms with Gasteiger partial charge in [-0.15, -0.1) is 0 Å². The normalized spacial score (nSPS) is 25.7. The van der Waals surface area contributed by atoms with Crippen molar-refractivity contribution >= 4 is 24.5 Å². The molecule has 1 saturated heterocycles. The number of carbonyl (C=O) groups is 2. The van der Waals surface area contributed by atoms with Gasteiger partial charge in [-0.2, -0.15) is 12.6 Å². The third kappa shape index (κ3) is 2.82. The number of carbonyl (C=O) groups excluding carboxylic acids is 1. The predicted molar refractivity (Wildman–Crippen MR) is 90.2 cm³/mol. The van der Waals surface area contributed by atoms with Gasteiger partial charge < -0.3 is 19.9 Å². The lowest BCUT2D eigenvalue weighted by molar-refractivity contribution is -0.586. The molecule has 8 nitrogen and oxygen atoms in total. The van der Waals surface area contributed by atoms with E-state index in [0.717, 1.165) is 5.56 Å². The van der Waals surface area contributed by atoms with Gasteiger partial charge in [0.15, 0.2) is 18.0 Å². The number of nitrogens with zero attached hydrogens (tertiary/aromatic N) is 1. The molecule has 0 bridgehead atoms. The zero-order valence-corrected chi connectivity index (χ0v) is 14.5. The molecular formula is C16H19N2O6S+. The number of carboxylic acid groups (broad SMARTS) is 1. The van der Waals surface area contributed by atoms with E-state index in [1.54, 1.807) is 18.2 Å². The van der Waals surface area contributed by atoms with E-state index in [1.807, 2.05) is 0 Å². The van der Waals surface area contributed by atoms with Crippen LogP contribution in [0, 0.1) is 4.91 Å². The molecule has 9 heteroatoms.